The maximum Gasteiger partial charge on any atom is 0.225 e. The average molecular weight is 346 g/mol. The van der Waals surface area contributed by atoms with Crippen molar-refractivity contribution in [3.63, 3.8) is 0 Å². The van der Waals surface area contributed by atoms with Gasteiger partial charge in [0.25, 0.3) is 0 Å². The van der Waals surface area contributed by atoms with Crippen molar-refractivity contribution < 1.29 is 9.59 Å². The zero-order valence-corrected chi connectivity index (χ0v) is 15.4. The number of rotatable bonds is 6. The molecular formula is C19H30N4O2. The molecule has 1 aromatic rings. The molecule has 138 valence electrons. The summed E-state index contributed by atoms with van der Waals surface area (Å²) in [6, 6.07) is 0.357. The van der Waals surface area contributed by atoms with E-state index in [0.29, 0.717) is 37.9 Å². The molecule has 1 atom stereocenters. The topological polar surface area (TPSA) is 67.2 Å². The lowest BCUT2D eigenvalue weighted by molar-refractivity contribution is -0.140. The molecule has 1 N–H and O–H groups in total. The largest absolute Gasteiger partial charge is 0.350 e. The van der Waals surface area contributed by atoms with Crippen LogP contribution in [0.4, 0.5) is 0 Å². The van der Waals surface area contributed by atoms with E-state index in [2.05, 4.69) is 28.7 Å². The first kappa shape index (κ1) is 18.0. The molecule has 0 radical (unpaired) electrons. The highest BCUT2D eigenvalue weighted by atomic mass is 16.2. The van der Waals surface area contributed by atoms with E-state index in [-0.39, 0.29) is 17.7 Å². The molecule has 0 aromatic carbocycles. The molecule has 3 rings (SSSR count). The van der Waals surface area contributed by atoms with E-state index < -0.39 is 0 Å². The van der Waals surface area contributed by atoms with Gasteiger partial charge in [-0.1, -0.05) is 26.7 Å². The summed E-state index contributed by atoms with van der Waals surface area (Å²) in [6.45, 7) is 6.32. The number of nitrogens with zero attached hydrogens (tertiary/aromatic N) is 3. The number of hydrogen-bond acceptors (Lipinski definition) is 3. The van der Waals surface area contributed by atoms with Crippen LogP contribution < -0.4 is 5.32 Å². The van der Waals surface area contributed by atoms with Crippen LogP contribution in [0.3, 0.4) is 0 Å². The fourth-order valence-electron chi connectivity index (χ4n) is 4.03. The molecule has 2 fully saturated rings. The number of hydrogen-bond donors (Lipinski definition) is 1. The lowest BCUT2D eigenvalue weighted by Crippen LogP contribution is -2.49. The summed E-state index contributed by atoms with van der Waals surface area (Å²) in [5, 5.41) is 3.06. The summed E-state index contributed by atoms with van der Waals surface area (Å²) in [6.07, 6.45) is 9.39. The van der Waals surface area contributed by atoms with Crippen LogP contribution in [0, 0.1) is 11.8 Å². The van der Waals surface area contributed by atoms with Crippen molar-refractivity contribution in [2.45, 2.75) is 71.5 Å². The Bertz CT molecular complexity index is 604. The van der Waals surface area contributed by atoms with Gasteiger partial charge in [0.1, 0.15) is 0 Å². The third-order valence-corrected chi connectivity index (χ3v) is 5.38. The van der Waals surface area contributed by atoms with Crippen molar-refractivity contribution in [2.24, 2.45) is 11.8 Å². The van der Waals surface area contributed by atoms with E-state index in [1.807, 2.05) is 17.4 Å². The third kappa shape index (κ3) is 4.41. The molecule has 0 unspecified atom stereocenters. The summed E-state index contributed by atoms with van der Waals surface area (Å²) in [5.41, 5.74) is 1.03. The Labute approximate surface area is 150 Å². The molecule has 1 aliphatic heterocycles. The number of nitrogens with one attached hydrogen (secondary N) is 1. The van der Waals surface area contributed by atoms with Gasteiger partial charge in [0.05, 0.1) is 24.5 Å². The zero-order chi connectivity index (χ0) is 17.8. The molecule has 0 spiro atoms. The fourth-order valence-corrected chi connectivity index (χ4v) is 4.03. The number of amides is 2. The number of piperidine rings is 1. The molecule has 0 bridgehead atoms. The first-order valence-electron chi connectivity index (χ1n) is 9.60. The standard InChI is InChI=1S/C19H30N4O2/c1-14(2)11-22-13-20-9-17(22)10-21-19(25)15-7-8-18(24)23(12-15)16-5-3-4-6-16/h9,13-16H,3-8,10-12H2,1-2H3,(H,21,25)/t15-/m1/s1. The van der Waals surface area contributed by atoms with Crippen LogP contribution in [0.15, 0.2) is 12.5 Å². The molecule has 2 aliphatic rings. The van der Waals surface area contributed by atoms with Crippen LogP contribution in [0.5, 0.6) is 0 Å². The Balaban J connectivity index is 1.54. The van der Waals surface area contributed by atoms with E-state index >= 15 is 0 Å². The minimum Gasteiger partial charge on any atom is -0.350 e. The van der Waals surface area contributed by atoms with Crippen LogP contribution in [0.1, 0.15) is 58.1 Å². The number of aromatic nitrogens is 2. The predicted molar refractivity (Wildman–Crippen MR) is 95.6 cm³/mol. The molecule has 2 amide bonds. The van der Waals surface area contributed by atoms with Crippen molar-refractivity contribution in [2.75, 3.05) is 6.54 Å². The lowest BCUT2D eigenvalue weighted by atomic mass is 9.95. The molecule has 1 saturated carbocycles. The van der Waals surface area contributed by atoms with E-state index in [0.717, 1.165) is 25.1 Å². The van der Waals surface area contributed by atoms with Crippen molar-refractivity contribution in [1.82, 2.24) is 19.8 Å². The van der Waals surface area contributed by atoms with Gasteiger partial charge in [-0.25, -0.2) is 4.98 Å². The van der Waals surface area contributed by atoms with Crippen LogP contribution in [0.25, 0.3) is 0 Å². The highest BCUT2D eigenvalue weighted by Gasteiger charge is 2.35. The molecule has 6 nitrogen and oxygen atoms in total. The van der Waals surface area contributed by atoms with E-state index in [9.17, 15) is 9.59 Å². The molecular weight excluding hydrogens is 316 g/mol. The van der Waals surface area contributed by atoms with Crippen molar-refractivity contribution >= 4 is 11.8 Å². The van der Waals surface area contributed by atoms with Crippen LogP contribution in [-0.2, 0) is 22.7 Å². The van der Waals surface area contributed by atoms with Gasteiger partial charge in [0, 0.05) is 31.7 Å². The average Bonchev–Trinajstić information content (AvgIpc) is 3.24. The molecule has 1 saturated heterocycles. The number of imidazole rings is 1. The van der Waals surface area contributed by atoms with Gasteiger partial charge in [-0.15, -0.1) is 0 Å². The smallest absolute Gasteiger partial charge is 0.225 e. The lowest BCUT2D eigenvalue weighted by Gasteiger charge is -2.36. The van der Waals surface area contributed by atoms with Gasteiger partial charge >= 0.3 is 0 Å². The van der Waals surface area contributed by atoms with Crippen molar-refractivity contribution in [3.8, 4) is 0 Å². The Morgan fingerprint density at radius 3 is 2.80 bits per heavy atom. The van der Waals surface area contributed by atoms with Crippen LogP contribution in [-0.4, -0.2) is 38.9 Å². The first-order chi connectivity index (χ1) is 12.0. The summed E-state index contributed by atoms with van der Waals surface area (Å²) in [4.78, 5) is 31.0. The summed E-state index contributed by atoms with van der Waals surface area (Å²) in [5.74, 6) is 0.742. The van der Waals surface area contributed by atoms with E-state index in [1.54, 1.807) is 0 Å². The molecule has 1 aliphatic carbocycles. The molecule has 1 aromatic heterocycles. The zero-order valence-electron chi connectivity index (χ0n) is 15.4. The second-order valence-corrected chi connectivity index (χ2v) is 7.87. The second-order valence-electron chi connectivity index (χ2n) is 7.87. The van der Waals surface area contributed by atoms with E-state index in [1.165, 1.54) is 12.8 Å². The Morgan fingerprint density at radius 1 is 1.32 bits per heavy atom. The minimum atomic E-state index is -0.0835. The number of carbonyl (C=O) groups excluding carboxylic acids is 2. The maximum absolute atomic E-state index is 12.6. The van der Waals surface area contributed by atoms with Crippen molar-refractivity contribution in [1.29, 1.82) is 0 Å². The predicted octanol–water partition coefficient (Wildman–Crippen LogP) is 2.34. The highest BCUT2D eigenvalue weighted by molar-refractivity contribution is 5.84. The molecule has 6 heteroatoms. The van der Waals surface area contributed by atoms with E-state index in [4.69, 9.17) is 0 Å². The van der Waals surface area contributed by atoms with Gasteiger partial charge in [0.2, 0.25) is 11.8 Å². The summed E-state index contributed by atoms with van der Waals surface area (Å²) in [7, 11) is 0. The number of likely N-dealkylation sites (tertiary alicyclic amines) is 1. The molecule has 25 heavy (non-hydrogen) atoms. The molecule has 2 heterocycles. The quantitative estimate of drug-likeness (QED) is 0.860. The number of carbonyl (C=O) groups is 2. The van der Waals surface area contributed by atoms with Gasteiger partial charge in [-0.3, -0.25) is 9.59 Å². The van der Waals surface area contributed by atoms with Crippen molar-refractivity contribution in [3.05, 3.63) is 18.2 Å². The van der Waals surface area contributed by atoms with Gasteiger partial charge < -0.3 is 14.8 Å². The summed E-state index contributed by atoms with van der Waals surface area (Å²) >= 11 is 0. The summed E-state index contributed by atoms with van der Waals surface area (Å²) < 4.78 is 2.10. The maximum atomic E-state index is 12.6. The van der Waals surface area contributed by atoms with Gasteiger partial charge in [-0.05, 0) is 25.2 Å². The fraction of sp³-hybridized carbons (Fsp3) is 0.737. The van der Waals surface area contributed by atoms with Crippen LogP contribution in [0.2, 0.25) is 0 Å². The minimum absolute atomic E-state index is 0.0628. The van der Waals surface area contributed by atoms with Gasteiger partial charge in [-0.2, -0.15) is 0 Å². The monoisotopic (exact) mass is 346 g/mol. The highest BCUT2D eigenvalue weighted by Crippen LogP contribution is 2.28. The van der Waals surface area contributed by atoms with Gasteiger partial charge in [0.15, 0.2) is 0 Å². The first-order valence-corrected chi connectivity index (χ1v) is 9.60. The van der Waals surface area contributed by atoms with Crippen LogP contribution >= 0.6 is 0 Å². The third-order valence-electron chi connectivity index (χ3n) is 5.38. The Kier molecular flexibility index (Phi) is 5.76. The Hall–Kier alpha value is -1.85. The normalized spacial score (nSPS) is 22.0. The second kappa shape index (κ2) is 8.02. The SMILES string of the molecule is CC(C)Cn1cncc1CNC(=O)[C@@H]1CCC(=O)N(C2CCCC2)C1. The Morgan fingerprint density at radius 2 is 2.08 bits per heavy atom.